The van der Waals surface area contributed by atoms with Crippen LogP contribution in [0.15, 0.2) is 58.3 Å². The summed E-state index contributed by atoms with van der Waals surface area (Å²) in [4.78, 5) is 27.1. The average molecular weight is 481 g/mol. The first-order valence-corrected chi connectivity index (χ1v) is 11.2. The highest BCUT2D eigenvalue weighted by atomic mass is 32.1. The molecule has 1 atom stereocenters. The van der Waals surface area contributed by atoms with E-state index in [-0.39, 0.29) is 23.9 Å². The lowest BCUT2D eigenvalue weighted by molar-refractivity contribution is -0.384. The first-order valence-electron chi connectivity index (χ1n) is 10.3. The molecule has 0 bridgehead atoms. The number of esters is 1. The van der Waals surface area contributed by atoms with Gasteiger partial charge < -0.3 is 13.9 Å². The van der Waals surface area contributed by atoms with Gasteiger partial charge in [-0.05, 0) is 38.1 Å². The van der Waals surface area contributed by atoms with Gasteiger partial charge in [-0.3, -0.25) is 14.9 Å². The van der Waals surface area contributed by atoms with Gasteiger partial charge in [0.15, 0.2) is 6.10 Å². The maximum atomic E-state index is 12.4. The molecule has 2 aromatic heterocycles. The van der Waals surface area contributed by atoms with Gasteiger partial charge in [-0.1, -0.05) is 17.7 Å². The van der Waals surface area contributed by atoms with Crippen molar-refractivity contribution in [2.75, 3.05) is 0 Å². The fraction of sp³-hybridized carbons (Fsp3) is 0.217. The maximum absolute atomic E-state index is 12.4. The molecule has 0 aliphatic heterocycles. The number of thiazole rings is 1. The topological polar surface area (TPSA) is 130 Å². The van der Waals surface area contributed by atoms with E-state index in [4.69, 9.17) is 13.9 Å². The minimum atomic E-state index is -0.769. The molecule has 0 fully saturated rings. The predicted molar refractivity (Wildman–Crippen MR) is 122 cm³/mol. The van der Waals surface area contributed by atoms with E-state index in [1.165, 1.54) is 35.6 Å². The molecular weight excluding hydrogens is 460 g/mol. The summed E-state index contributed by atoms with van der Waals surface area (Å²) in [7, 11) is 0. The number of carbonyl (C=O) groups excluding carboxylic acids is 1. The molecule has 4 aromatic rings. The van der Waals surface area contributed by atoms with Crippen LogP contribution < -0.4 is 4.74 Å². The Morgan fingerprint density at radius 3 is 2.59 bits per heavy atom. The van der Waals surface area contributed by atoms with Crippen LogP contribution in [0.25, 0.3) is 11.5 Å². The van der Waals surface area contributed by atoms with E-state index in [1.807, 2.05) is 31.2 Å². The molecule has 0 aliphatic carbocycles. The number of rotatable bonds is 9. The van der Waals surface area contributed by atoms with Crippen LogP contribution in [0, 0.1) is 17.0 Å². The summed E-state index contributed by atoms with van der Waals surface area (Å²) in [6.07, 6.45) is -0.774. The smallest absolute Gasteiger partial charge is 0.312 e. The Labute approximate surface area is 198 Å². The molecule has 174 valence electrons. The van der Waals surface area contributed by atoms with E-state index in [2.05, 4.69) is 15.2 Å². The van der Waals surface area contributed by atoms with E-state index >= 15 is 0 Å². The molecule has 2 heterocycles. The van der Waals surface area contributed by atoms with Crippen molar-refractivity contribution in [3.63, 3.8) is 0 Å². The molecule has 0 radical (unpaired) electrons. The molecule has 10 nitrogen and oxygen atoms in total. The van der Waals surface area contributed by atoms with Crippen molar-refractivity contribution in [3.05, 3.63) is 86.2 Å². The first-order chi connectivity index (χ1) is 16.4. The third-order valence-electron chi connectivity index (χ3n) is 4.73. The second-order valence-electron chi connectivity index (χ2n) is 7.39. The van der Waals surface area contributed by atoms with Crippen molar-refractivity contribution in [2.45, 2.75) is 33.0 Å². The number of aromatic nitrogens is 3. The number of carbonyl (C=O) groups is 1. The molecule has 2 aromatic carbocycles. The van der Waals surface area contributed by atoms with Gasteiger partial charge >= 0.3 is 5.97 Å². The van der Waals surface area contributed by atoms with Gasteiger partial charge in [-0.15, -0.1) is 21.5 Å². The molecule has 1 unspecified atom stereocenters. The number of hydrogen-bond donors (Lipinski definition) is 0. The normalized spacial score (nSPS) is 11.7. The highest BCUT2D eigenvalue weighted by Gasteiger charge is 2.20. The summed E-state index contributed by atoms with van der Waals surface area (Å²) in [6, 6.07) is 13.4. The summed E-state index contributed by atoms with van der Waals surface area (Å²) >= 11 is 1.41. The highest BCUT2D eigenvalue weighted by Crippen LogP contribution is 2.25. The summed E-state index contributed by atoms with van der Waals surface area (Å²) in [5, 5.41) is 21.2. The quantitative estimate of drug-likeness (QED) is 0.188. The second kappa shape index (κ2) is 10.2. The lowest BCUT2D eigenvalue weighted by Crippen LogP contribution is -2.12. The van der Waals surface area contributed by atoms with Gasteiger partial charge in [0.25, 0.3) is 11.6 Å². The summed E-state index contributed by atoms with van der Waals surface area (Å²) in [5.41, 5.74) is 2.21. The molecule has 0 aliphatic rings. The number of non-ortho nitro benzene ring substituents is 1. The van der Waals surface area contributed by atoms with Gasteiger partial charge in [0.2, 0.25) is 5.89 Å². The fourth-order valence-electron chi connectivity index (χ4n) is 2.95. The van der Waals surface area contributed by atoms with Crippen LogP contribution >= 0.6 is 11.3 Å². The van der Waals surface area contributed by atoms with Crippen LogP contribution in [0.5, 0.6) is 5.75 Å². The summed E-state index contributed by atoms with van der Waals surface area (Å²) in [6.45, 7) is 3.94. The molecule has 34 heavy (non-hydrogen) atoms. The van der Waals surface area contributed by atoms with Crippen molar-refractivity contribution in [3.8, 4) is 17.2 Å². The molecule has 0 saturated carbocycles. The van der Waals surface area contributed by atoms with Crippen molar-refractivity contribution in [2.24, 2.45) is 0 Å². The zero-order valence-electron chi connectivity index (χ0n) is 18.3. The molecular formula is C23H20N4O6S. The maximum Gasteiger partial charge on any atom is 0.312 e. The number of nitro groups is 1. The number of ether oxygens (including phenoxy) is 2. The standard InChI is InChI=1S/C23H20N4O6S/c1-14-3-9-19(10-4-14)31-12-20-24-17(13-34-20)11-21(28)32-15(2)22-25-26-23(33-22)16-5-7-18(8-6-16)27(29)30/h3-10,13,15H,11-12H2,1-2H3. The van der Waals surface area contributed by atoms with E-state index < -0.39 is 17.0 Å². The Kier molecular flexibility index (Phi) is 6.93. The molecule has 0 saturated heterocycles. The van der Waals surface area contributed by atoms with Crippen LogP contribution in [0.2, 0.25) is 0 Å². The number of aryl methyl sites for hydroxylation is 1. The largest absolute Gasteiger partial charge is 0.486 e. The third-order valence-corrected chi connectivity index (χ3v) is 5.60. The van der Waals surface area contributed by atoms with Crippen molar-refractivity contribution < 1.29 is 23.6 Å². The number of benzene rings is 2. The monoisotopic (exact) mass is 480 g/mol. The van der Waals surface area contributed by atoms with Crippen LogP contribution in [0.4, 0.5) is 5.69 Å². The summed E-state index contributed by atoms with van der Waals surface area (Å²) < 4.78 is 16.7. The Morgan fingerprint density at radius 1 is 1.15 bits per heavy atom. The molecule has 0 amide bonds. The zero-order chi connectivity index (χ0) is 24.1. The Morgan fingerprint density at radius 2 is 1.88 bits per heavy atom. The van der Waals surface area contributed by atoms with Crippen molar-refractivity contribution >= 4 is 23.0 Å². The van der Waals surface area contributed by atoms with Gasteiger partial charge in [-0.25, -0.2) is 4.98 Å². The first kappa shape index (κ1) is 23.1. The van der Waals surface area contributed by atoms with Gasteiger partial charge in [0.1, 0.15) is 17.4 Å². The fourth-order valence-corrected chi connectivity index (χ4v) is 3.66. The molecule has 4 rings (SSSR count). The van der Waals surface area contributed by atoms with Crippen LogP contribution in [-0.4, -0.2) is 26.1 Å². The number of nitrogens with zero attached hydrogens (tertiary/aromatic N) is 4. The SMILES string of the molecule is Cc1ccc(OCc2nc(CC(=O)OC(C)c3nnc(-c4ccc([N+](=O)[O-])cc4)o3)cs2)cc1. The Hall–Kier alpha value is -4.12. The van der Waals surface area contributed by atoms with Crippen LogP contribution in [-0.2, 0) is 22.6 Å². The number of hydrogen-bond acceptors (Lipinski definition) is 10. The van der Waals surface area contributed by atoms with Crippen LogP contribution in [0.1, 0.15) is 35.2 Å². The predicted octanol–water partition coefficient (Wildman–Crippen LogP) is 4.84. The van der Waals surface area contributed by atoms with Crippen molar-refractivity contribution in [1.82, 2.24) is 15.2 Å². The van der Waals surface area contributed by atoms with Crippen molar-refractivity contribution in [1.29, 1.82) is 0 Å². The van der Waals surface area contributed by atoms with E-state index in [0.717, 1.165) is 16.3 Å². The zero-order valence-corrected chi connectivity index (χ0v) is 19.2. The average Bonchev–Trinajstić information content (AvgIpc) is 3.49. The minimum absolute atomic E-state index is 0.00524. The van der Waals surface area contributed by atoms with E-state index in [1.54, 1.807) is 12.3 Å². The summed E-state index contributed by atoms with van der Waals surface area (Å²) in [5.74, 6) is 0.555. The molecule has 0 N–H and O–H groups in total. The number of nitro benzene ring substituents is 1. The lowest BCUT2D eigenvalue weighted by Gasteiger charge is -2.08. The second-order valence-corrected chi connectivity index (χ2v) is 8.34. The van der Waals surface area contributed by atoms with Gasteiger partial charge in [0, 0.05) is 23.1 Å². The van der Waals surface area contributed by atoms with Gasteiger partial charge in [0.05, 0.1) is 17.0 Å². The van der Waals surface area contributed by atoms with Crippen LogP contribution in [0.3, 0.4) is 0 Å². The lowest BCUT2D eigenvalue weighted by atomic mass is 10.2. The van der Waals surface area contributed by atoms with E-state index in [9.17, 15) is 14.9 Å². The highest BCUT2D eigenvalue weighted by molar-refractivity contribution is 7.09. The van der Waals surface area contributed by atoms with E-state index in [0.29, 0.717) is 17.9 Å². The minimum Gasteiger partial charge on any atom is -0.486 e. The third kappa shape index (κ3) is 5.81. The Bertz CT molecular complexity index is 1280. The van der Waals surface area contributed by atoms with Gasteiger partial charge in [-0.2, -0.15) is 0 Å². The Balaban J connectivity index is 1.29. The molecule has 0 spiro atoms. The molecule has 11 heteroatoms.